The molecule has 5 rings (SSSR count). The molecular weight excluding hydrogens is 660 g/mol. The highest BCUT2D eigenvalue weighted by Gasteiger charge is 2.26. The summed E-state index contributed by atoms with van der Waals surface area (Å²) in [4.78, 5) is 11.8. The number of sulfone groups is 1. The predicted molar refractivity (Wildman–Crippen MR) is 184 cm³/mol. The molecule has 5 aromatic rings. The Hall–Kier alpha value is -4.16. The van der Waals surface area contributed by atoms with E-state index in [0.29, 0.717) is 22.8 Å². The third-order valence-electron chi connectivity index (χ3n) is 7.62. The van der Waals surface area contributed by atoms with Gasteiger partial charge >= 0.3 is 5.97 Å². The fourth-order valence-corrected chi connectivity index (χ4v) is 8.91. The summed E-state index contributed by atoms with van der Waals surface area (Å²) in [5, 5.41) is 0.449. The van der Waals surface area contributed by atoms with Gasteiger partial charge in [0.1, 0.15) is 5.75 Å². The van der Waals surface area contributed by atoms with Crippen molar-refractivity contribution in [1.82, 2.24) is 9.29 Å². The summed E-state index contributed by atoms with van der Waals surface area (Å²) < 4.78 is 64.4. The molecular formula is C35H35ClN2O7S2. The molecule has 47 heavy (non-hydrogen) atoms. The third-order valence-corrected chi connectivity index (χ3v) is 11.5. The Labute approximate surface area is 280 Å². The number of hydrogen-bond acceptors (Lipinski definition) is 7. The Morgan fingerprint density at radius 1 is 0.851 bits per heavy atom. The molecule has 0 aliphatic carbocycles. The van der Waals surface area contributed by atoms with Crippen molar-refractivity contribution in [3.05, 3.63) is 136 Å². The number of aromatic nitrogens is 1. The van der Waals surface area contributed by atoms with Gasteiger partial charge in [-0.3, -0.25) is 0 Å². The van der Waals surface area contributed by atoms with Gasteiger partial charge in [0, 0.05) is 47.3 Å². The molecule has 0 aliphatic heterocycles. The molecule has 0 spiro atoms. The molecule has 0 unspecified atom stereocenters. The third kappa shape index (κ3) is 8.61. The second-order valence-electron chi connectivity index (χ2n) is 11.1. The van der Waals surface area contributed by atoms with Crippen LogP contribution in [0, 0.1) is 0 Å². The van der Waals surface area contributed by atoms with E-state index in [1.807, 2.05) is 54.6 Å². The number of hydrogen-bond donors (Lipinski definition) is 1. The fourth-order valence-electron chi connectivity index (χ4n) is 5.74. The van der Waals surface area contributed by atoms with Gasteiger partial charge in [0.25, 0.3) is 0 Å². The molecule has 0 aliphatic rings. The molecule has 1 heterocycles. The largest absolute Gasteiger partial charge is 0.493 e. The molecule has 1 aromatic heterocycles. The van der Waals surface area contributed by atoms with Crippen LogP contribution in [0.5, 0.6) is 5.75 Å². The van der Waals surface area contributed by atoms with Crippen molar-refractivity contribution in [2.45, 2.75) is 18.9 Å². The van der Waals surface area contributed by atoms with E-state index in [0.717, 1.165) is 39.5 Å². The maximum Gasteiger partial charge on any atom is 0.337 e. The summed E-state index contributed by atoms with van der Waals surface area (Å²) in [5.41, 5.74) is 5.14. The molecule has 1 N–H and O–H groups in total. The lowest BCUT2D eigenvalue weighted by Gasteiger charge is -2.25. The van der Waals surface area contributed by atoms with Crippen LogP contribution in [0.3, 0.4) is 0 Å². The molecule has 0 radical (unpaired) electrons. The van der Waals surface area contributed by atoms with E-state index in [4.69, 9.17) is 21.1 Å². The Kier molecular flexibility index (Phi) is 10.7. The summed E-state index contributed by atoms with van der Waals surface area (Å²) in [6.45, 7) is 0.248. The van der Waals surface area contributed by atoms with Crippen LogP contribution in [0.15, 0.2) is 103 Å². The highest BCUT2D eigenvalue weighted by molar-refractivity contribution is 8.06. The van der Waals surface area contributed by atoms with Crippen molar-refractivity contribution < 1.29 is 31.1 Å². The maximum absolute atomic E-state index is 12.7. The molecule has 0 saturated carbocycles. The number of benzene rings is 4. The minimum atomic E-state index is -4.09. The van der Waals surface area contributed by atoms with Crippen molar-refractivity contribution >= 4 is 48.3 Å². The van der Waals surface area contributed by atoms with E-state index in [2.05, 4.69) is 33.6 Å². The van der Waals surface area contributed by atoms with Gasteiger partial charge < -0.3 is 14.0 Å². The highest BCUT2D eigenvalue weighted by Crippen LogP contribution is 2.37. The van der Waals surface area contributed by atoms with Crippen LogP contribution in [0.1, 0.15) is 38.8 Å². The topological polar surface area (TPSA) is 121 Å². The number of carbonyl (C=O) groups excluding carboxylic acids is 1. The Balaban J connectivity index is 1.59. The number of methoxy groups -OCH3 is 1. The van der Waals surface area contributed by atoms with Gasteiger partial charge in [-0.1, -0.05) is 72.3 Å². The maximum atomic E-state index is 12.7. The number of fused-ring (bicyclic) bond motifs is 1. The number of nitrogens with zero attached hydrogens (tertiary/aromatic N) is 1. The van der Waals surface area contributed by atoms with Gasteiger partial charge in [-0.15, -0.1) is 0 Å². The van der Waals surface area contributed by atoms with E-state index < -0.39 is 30.9 Å². The molecule has 0 bridgehead atoms. The average molecular weight is 695 g/mol. The summed E-state index contributed by atoms with van der Waals surface area (Å²) in [6.07, 6.45) is 1.60. The van der Waals surface area contributed by atoms with E-state index in [9.17, 15) is 21.6 Å². The minimum absolute atomic E-state index is 0.0267. The van der Waals surface area contributed by atoms with Gasteiger partial charge in [0.05, 0.1) is 25.3 Å². The van der Waals surface area contributed by atoms with Crippen LogP contribution < -0.4 is 9.46 Å². The highest BCUT2D eigenvalue weighted by atomic mass is 35.5. The summed E-state index contributed by atoms with van der Waals surface area (Å²) in [7, 11) is -6.53. The first-order valence-electron chi connectivity index (χ1n) is 14.8. The number of halogens is 1. The van der Waals surface area contributed by atoms with Crippen LogP contribution in [-0.4, -0.2) is 59.0 Å². The van der Waals surface area contributed by atoms with Crippen LogP contribution in [0.4, 0.5) is 0 Å². The first-order valence-corrected chi connectivity index (χ1v) is 18.9. The number of carbonyl (C=O) groups is 1. The lowest BCUT2D eigenvalue weighted by molar-refractivity contribution is 0.0600. The molecule has 0 amide bonds. The molecule has 12 heteroatoms. The molecule has 0 saturated heterocycles. The fraction of sp³-hybridized carbons (Fsp3) is 0.229. The van der Waals surface area contributed by atoms with Gasteiger partial charge in [0.2, 0.25) is 10.0 Å². The molecule has 9 nitrogen and oxygen atoms in total. The summed E-state index contributed by atoms with van der Waals surface area (Å²) in [5.74, 6) is 0.130. The number of nitrogens with one attached hydrogen (secondary N) is 1. The standard InChI is InChI=1S/C35H35ClN2O7S2/c1-44-35(39)27-13-16-29(17-14-27)45-22-20-30-31-23-28(36)15-18-32(31)38(33(30)19-21-37-47(42,43)24-46(2,40)41)34(25-9-5-3-6-10-25)26-11-7-4-8-12-26/h3-18,23,34,37H,19-22,24H2,1-2H3. The van der Waals surface area contributed by atoms with Gasteiger partial charge in [0.15, 0.2) is 14.9 Å². The van der Waals surface area contributed by atoms with Crippen molar-refractivity contribution in [2.24, 2.45) is 0 Å². The number of sulfonamides is 1. The van der Waals surface area contributed by atoms with Crippen molar-refractivity contribution in [1.29, 1.82) is 0 Å². The molecule has 4 aromatic carbocycles. The van der Waals surface area contributed by atoms with Crippen LogP contribution >= 0.6 is 11.6 Å². The zero-order valence-electron chi connectivity index (χ0n) is 25.9. The summed E-state index contributed by atoms with van der Waals surface area (Å²) in [6, 6.07) is 32.1. The Morgan fingerprint density at radius 3 is 2.04 bits per heavy atom. The minimum Gasteiger partial charge on any atom is -0.493 e. The zero-order chi connectivity index (χ0) is 33.6. The van der Waals surface area contributed by atoms with Crippen LogP contribution in [-0.2, 0) is 37.4 Å². The predicted octanol–water partition coefficient (Wildman–Crippen LogP) is 5.80. The number of esters is 1. The van der Waals surface area contributed by atoms with E-state index in [1.165, 1.54) is 7.11 Å². The lowest BCUT2D eigenvalue weighted by Crippen LogP contribution is -2.32. The molecule has 246 valence electrons. The molecule has 0 atom stereocenters. The van der Waals surface area contributed by atoms with Crippen molar-refractivity contribution in [3.8, 4) is 5.75 Å². The summed E-state index contributed by atoms with van der Waals surface area (Å²) >= 11 is 6.55. The van der Waals surface area contributed by atoms with E-state index in [1.54, 1.807) is 24.3 Å². The van der Waals surface area contributed by atoms with E-state index in [-0.39, 0.29) is 25.6 Å². The second-order valence-corrected chi connectivity index (χ2v) is 15.8. The monoisotopic (exact) mass is 694 g/mol. The number of ether oxygens (including phenoxy) is 2. The first kappa shape index (κ1) is 34.2. The van der Waals surface area contributed by atoms with E-state index >= 15 is 0 Å². The van der Waals surface area contributed by atoms with Gasteiger partial charge in [-0.05, 0) is 59.2 Å². The number of rotatable bonds is 14. The quantitative estimate of drug-likeness (QED) is 0.146. The smallest absolute Gasteiger partial charge is 0.337 e. The van der Waals surface area contributed by atoms with Gasteiger partial charge in [-0.2, -0.15) is 0 Å². The van der Waals surface area contributed by atoms with Crippen LogP contribution in [0.2, 0.25) is 5.02 Å². The second kappa shape index (κ2) is 14.7. The molecule has 0 fully saturated rings. The normalized spacial score (nSPS) is 12.0. The zero-order valence-corrected chi connectivity index (χ0v) is 28.3. The van der Waals surface area contributed by atoms with Gasteiger partial charge in [-0.25, -0.2) is 26.4 Å². The SMILES string of the molecule is COC(=O)c1ccc(OCCc2c(CCNS(=O)(=O)CS(C)(=O)=O)n(C(c3ccccc3)c3ccccc3)c3ccc(Cl)cc23)cc1. The Bertz CT molecular complexity index is 2030. The lowest BCUT2D eigenvalue weighted by atomic mass is 9.97. The Morgan fingerprint density at radius 2 is 1.47 bits per heavy atom. The van der Waals surface area contributed by atoms with Crippen molar-refractivity contribution in [2.75, 3.05) is 31.6 Å². The first-order chi connectivity index (χ1) is 22.5. The average Bonchev–Trinajstić information content (AvgIpc) is 3.32. The van der Waals surface area contributed by atoms with Crippen molar-refractivity contribution in [3.63, 3.8) is 0 Å². The van der Waals surface area contributed by atoms with Crippen LogP contribution in [0.25, 0.3) is 10.9 Å².